The lowest BCUT2D eigenvalue weighted by molar-refractivity contribution is -0.156. The smallest absolute Gasteiger partial charge is 0.309 e. The van der Waals surface area contributed by atoms with Crippen LogP contribution in [0.4, 0.5) is 8.78 Å². The highest BCUT2D eigenvalue weighted by atomic mass is 32.2. The van der Waals surface area contributed by atoms with Crippen molar-refractivity contribution in [2.75, 3.05) is 13.1 Å². The van der Waals surface area contributed by atoms with E-state index < -0.39 is 39.6 Å². The molecule has 3 rings (SSSR count). The molecule has 1 aliphatic rings. The van der Waals surface area contributed by atoms with E-state index in [1.807, 2.05) is 0 Å². The number of carbonyl (C=O) groups is 1. The standard InChI is InChI=1S/C17H19F2N3O5S/c1-10(16-20-11(2)21-27-16)26-17(23)12-5-7-22(8-6-12)28(24,25)13-3-4-14(18)15(19)9-13/h3-4,9-10,12H,5-8H2,1-2H3. The lowest BCUT2D eigenvalue weighted by Crippen LogP contribution is -2.40. The molecular weight excluding hydrogens is 396 g/mol. The van der Waals surface area contributed by atoms with Gasteiger partial charge in [0, 0.05) is 13.1 Å². The van der Waals surface area contributed by atoms with Crippen LogP contribution in [0.3, 0.4) is 0 Å². The zero-order valence-corrected chi connectivity index (χ0v) is 16.1. The minimum Gasteiger partial charge on any atom is -0.452 e. The molecule has 1 aromatic heterocycles. The Balaban J connectivity index is 1.60. The summed E-state index contributed by atoms with van der Waals surface area (Å²) >= 11 is 0. The van der Waals surface area contributed by atoms with Crippen molar-refractivity contribution in [1.29, 1.82) is 0 Å². The molecule has 0 bridgehead atoms. The zero-order valence-electron chi connectivity index (χ0n) is 15.3. The third kappa shape index (κ3) is 4.20. The first-order valence-electron chi connectivity index (χ1n) is 8.64. The number of ether oxygens (including phenoxy) is 1. The average Bonchev–Trinajstić information content (AvgIpc) is 3.10. The number of halogens is 2. The number of nitrogens with zero attached hydrogens (tertiary/aromatic N) is 3. The minimum absolute atomic E-state index is 0.0646. The summed E-state index contributed by atoms with van der Waals surface area (Å²) in [6, 6.07) is 2.44. The number of aromatic nitrogens is 2. The molecule has 1 aliphatic heterocycles. The quantitative estimate of drug-likeness (QED) is 0.691. The van der Waals surface area contributed by atoms with E-state index in [0.717, 1.165) is 16.4 Å². The van der Waals surface area contributed by atoms with Crippen LogP contribution in [0.25, 0.3) is 0 Å². The van der Waals surface area contributed by atoms with Crippen molar-refractivity contribution in [2.45, 2.75) is 37.7 Å². The van der Waals surface area contributed by atoms with Crippen molar-refractivity contribution in [2.24, 2.45) is 5.92 Å². The van der Waals surface area contributed by atoms with Gasteiger partial charge in [0.15, 0.2) is 23.6 Å². The predicted molar refractivity (Wildman–Crippen MR) is 91.4 cm³/mol. The lowest BCUT2D eigenvalue weighted by atomic mass is 9.98. The number of benzene rings is 1. The number of hydrogen-bond donors (Lipinski definition) is 0. The highest BCUT2D eigenvalue weighted by Gasteiger charge is 2.34. The van der Waals surface area contributed by atoms with E-state index in [1.165, 1.54) is 0 Å². The van der Waals surface area contributed by atoms with Crippen LogP contribution in [-0.4, -0.2) is 41.9 Å². The highest BCUT2D eigenvalue weighted by molar-refractivity contribution is 7.89. The molecule has 11 heteroatoms. The van der Waals surface area contributed by atoms with Crippen molar-refractivity contribution >= 4 is 16.0 Å². The van der Waals surface area contributed by atoms with Crippen LogP contribution in [-0.2, 0) is 19.6 Å². The maximum atomic E-state index is 13.4. The Bertz CT molecular complexity index is 971. The third-order valence-corrected chi connectivity index (χ3v) is 6.39. The normalized spacial score (nSPS) is 17.4. The van der Waals surface area contributed by atoms with Crippen molar-refractivity contribution in [3.05, 3.63) is 41.5 Å². The highest BCUT2D eigenvalue weighted by Crippen LogP contribution is 2.27. The molecule has 1 fully saturated rings. The summed E-state index contributed by atoms with van der Waals surface area (Å²) in [4.78, 5) is 16.0. The molecular formula is C17H19F2N3O5S. The molecule has 1 unspecified atom stereocenters. The van der Waals surface area contributed by atoms with Gasteiger partial charge >= 0.3 is 5.97 Å². The van der Waals surface area contributed by atoms with E-state index in [9.17, 15) is 22.0 Å². The summed E-state index contributed by atoms with van der Waals surface area (Å²) in [5.41, 5.74) is 0. The largest absolute Gasteiger partial charge is 0.452 e. The Hall–Kier alpha value is -2.40. The molecule has 0 N–H and O–H groups in total. The Morgan fingerprint density at radius 3 is 2.54 bits per heavy atom. The number of sulfonamides is 1. The summed E-state index contributed by atoms with van der Waals surface area (Å²) in [5.74, 6) is -2.70. The van der Waals surface area contributed by atoms with Crippen LogP contribution in [0.1, 0.15) is 37.6 Å². The van der Waals surface area contributed by atoms with Crippen LogP contribution < -0.4 is 0 Å². The van der Waals surface area contributed by atoms with Crippen LogP contribution >= 0.6 is 0 Å². The summed E-state index contributed by atoms with van der Waals surface area (Å²) in [5, 5.41) is 3.63. The number of hydrogen-bond acceptors (Lipinski definition) is 7. The maximum Gasteiger partial charge on any atom is 0.309 e. The fraction of sp³-hybridized carbons (Fsp3) is 0.471. The SMILES string of the molecule is Cc1noc(C(C)OC(=O)C2CCN(S(=O)(=O)c3ccc(F)c(F)c3)CC2)n1. The first kappa shape index (κ1) is 20.3. The van der Waals surface area contributed by atoms with E-state index in [2.05, 4.69) is 10.1 Å². The van der Waals surface area contributed by atoms with Gasteiger partial charge in [-0.3, -0.25) is 4.79 Å². The van der Waals surface area contributed by atoms with Gasteiger partial charge in [-0.1, -0.05) is 5.16 Å². The van der Waals surface area contributed by atoms with Gasteiger partial charge in [-0.15, -0.1) is 0 Å². The Labute approximate surface area is 160 Å². The number of carbonyl (C=O) groups excluding carboxylic acids is 1. The van der Waals surface area contributed by atoms with Gasteiger partial charge in [-0.2, -0.15) is 9.29 Å². The Kier molecular flexibility index (Phi) is 5.75. The lowest BCUT2D eigenvalue weighted by Gasteiger charge is -2.30. The van der Waals surface area contributed by atoms with Gasteiger partial charge in [0.2, 0.25) is 10.0 Å². The van der Waals surface area contributed by atoms with Crippen molar-refractivity contribution in [1.82, 2.24) is 14.4 Å². The van der Waals surface area contributed by atoms with Gasteiger partial charge in [-0.25, -0.2) is 17.2 Å². The number of rotatable bonds is 5. The fourth-order valence-corrected chi connectivity index (χ4v) is 4.40. The maximum absolute atomic E-state index is 13.4. The molecule has 28 heavy (non-hydrogen) atoms. The summed E-state index contributed by atoms with van der Waals surface area (Å²) in [6.07, 6.45) is -0.216. The van der Waals surface area contributed by atoms with E-state index in [-0.39, 0.29) is 36.7 Å². The van der Waals surface area contributed by atoms with Crippen LogP contribution in [0, 0.1) is 24.5 Å². The third-order valence-electron chi connectivity index (χ3n) is 4.50. The van der Waals surface area contributed by atoms with Crippen molar-refractivity contribution in [3.63, 3.8) is 0 Å². The molecule has 0 radical (unpaired) electrons. The minimum atomic E-state index is -3.97. The first-order valence-corrected chi connectivity index (χ1v) is 10.1. The molecule has 152 valence electrons. The average molecular weight is 415 g/mol. The second-order valence-electron chi connectivity index (χ2n) is 6.51. The van der Waals surface area contributed by atoms with E-state index in [4.69, 9.17) is 9.26 Å². The second kappa shape index (κ2) is 7.92. The number of aryl methyl sites for hydroxylation is 1. The van der Waals surface area contributed by atoms with Crippen LogP contribution in [0.15, 0.2) is 27.6 Å². The molecule has 1 saturated heterocycles. The summed E-state index contributed by atoms with van der Waals surface area (Å²) in [6.45, 7) is 3.38. The molecule has 2 heterocycles. The first-order chi connectivity index (χ1) is 13.2. The molecule has 0 spiro atoms. The van der Waals surface area contributed by atoms with Gasteiger partial charge in [-0.05, 0) is 44.9 Å². The van der Waals surface area contributed by atoms with Gasteiger partial charge < -0.3 is 9.26 Å². The fourth-order valence-electron chi connectivity index (χ4n) is 2.92. The predicted octanol–water partition coefficient (Wildman–Crippen LogP) is 2.36. The second-order valence-corrected chi connectivity index (χ2v) is 8.45. The molecule has 1 aromatic carbocycles. The summed E-state index contributed by atoms with van der Waals surface area (Å²) in [7, 11) is -3.97. The molecule has 0 amide bonds. The molecule has 2 aromatic rings. The van der Waals surface area contributed by atoms with Crippen molar-refractivity contribution in [3.8, 4) is 0 Å². The van der Waals surface area contributed by atoms with Crippen LogP contribution in [0.5, 0.6) is 0 Å². The number of esters is 1. The van der Waals surface area contributed by atoms with E-state index in [1.54, 1.807) is 13.8 Å². The zero-order chi connectivity index (χ0) is 20.5. The Morgan fingerprint density at radius 2 is 1.96 bits per heavy atom. The molecule has 1 atom stereocenters. The molecule has 8 nitrogen and oxygen atoms in total. The molecule has 0 aliphatic carbocycles. The van der Waals surface area contributed by atoms with E-state index in [0.29, 0.717) is 11.9 Å². The molecule has 0 saturated carbocycles. The van der Waals surface area contributed by atoms with Gasteiger partial charge in [0.1, 0.15) is 0 Å². The van der Waals surface area contributed by atoms with Gasteiger partial charge in [0.05, 0.1) is 10.8 Å². The summed E-state index contributed by atoms with van der Waals surface area (Å²) < 4.78 is 63.0. The van der Waals surface area contributed by atoms with Crippen molar-refractivity contribution < 1.29 is 31.3 Å². The van der Waals surface area contributed by atoms with Gasteiger partial charge in [0.25, 0.3) is 5.89 Å². The van der Waals surface area contributed by atoms with Crippen LogP contribution in [0.2, 0.25) is 0 Å². The monoisotopic (exact) mass is 415 g/mol. The topological polar surface area (TPSA) is 103 Å². The van der Waals surface area contributed by atoms with E-state index >= 15 is 0 Å². The number of piperidine rings is 1. The Morgan fingerprint density at radius 1 is 1.29 bits per heavy atom.